The Morgan fingerprint density at radius 2 is 2.22 bits per heavy atom. The fourth-order valence-corrected chi connectivity index (χ4v) is 2.70. The van der Waals surface area contributed by atoms with Gasteiger partial charge >= 0.3 is 0 Å². The molecule has 18 heavy (non-hydrogen) atoms. The molecule has 1 saturated carbocycles. The van der Waals surface area contributed by atoms with E-state index in [1.165, 1.54) is 0 Å². The number of ether oxygens (including phenoxy) is 1. The lowest BCUT2D eigenvalue weighted by molar-refractivity contribution is -0.145. The monoisotopic (exact) mass is 250 g/mol. The van der Waals surface area contributed by atoms with Gasteiger partial charge < -0.3 is 9.30 Å². The van der Waals surface area contributed by atoms with Crippen LogP contribution in [0.1, 0.15) is 38.4 Å². The quantitative estimate of drug-likeness (QED) is 0.822. The molecule has 1 aromatic heterocycles. The maximum atomic E-state index is 12.5. The molecule has 1 aliphatic carbocycles. The van der Waals surface area contributed by atoms with E-state index < -0.39 is 5.60 Å². The van der Waals surface area contributed by atoms with Crippen molar-refractivity contribution >= 4 is 5.78 Å². The van der Waals surface area contributed by atoms with Gasteiger partial charge in [-0.3, -0.25) is 4.79 Å². The Morgan fingerprint density at radius 3 is 2.72 bits per heavy atom. The normalized spacial score (nSPS) is 28.3. The highest BCUT2D eigenvalue weighted by atomic mass is 16.5. The van der Waals surface area contributed by atoms with Crippen LogP contribution in [0.25, 0.3) is 0 Å². The molecule has 0 atom stereocenters. The molecule has 0 bridgehead atoms. The van der Waals surface area contributed by atoms with Gasteiger partial charge in [-0.05, 0) is 31.6 Å². The topological polar surface area (TPSA) is 44.1 Å². The van der Waals surface area contributed by atoms with E-state index in [1.807, 2.05) is 17.8 Å². The van der Waals surface area contributed by atoms with Crippen LogP contribution in [0.3, 0.4) is 0 Å². The van der Waals surface area contributed by atoms with E-state index in [1.54, 1.807) is 13.3 Å². The highest BCUT2D eigenvalue weighted by Crippen LogP contribution is 2.35. The van der Waals surface area contributed by atoms with Crippen molar-refractivity contribution in [1.29, 1.82) is 0 Å². The summed E-state index contributed by atoms with van der Waals surface area (Å²) in [6.45, 7) is 2.24. The molecule has 100 valence electrons. The van der Waals surface area contributed by atoms with E-state index in [-0.39, 0.29) is 5.78 Å². The summed E-state index contributed by atoms with van der Waals surface area (Å²) in [5.74, 6) is 1.69. The van der Waals surface area contributed by atoms with Gasteiger partial charge in [0.2, 0.25) is 0 Å². The summed E-state index contributed by atoms with van der Waals surface area (Å²) < 4.78 is 7.49. The van der Waals surface area contributed by atoms with Gasteiger partial charge in [0.1, 0.15) is 11.4 Å². The maximum absolute atomic E-state index is 12.5. The van der Waals surface area contributed by atoms with E-state index in [4.69, 9.17) is 4.74 Å². The van der Waals surface area contributed by atoms with Crippen LogP contribution < -0.4 is 0 Å². The molecule has 0 saturated heterocycles. The number of aromatic nitrogens is 2. The molecule has 0 amide bonds. The van der Waals surface area contributed by atoms with Crippen molar-refractivity contribution in [2.75, 3.05) is 7.11 Å². The van der Waals surface area contributed by atoms with Crippen molar-refractivity contribution in [1.82, 2.24) is 9.55 Å². The fraction of sp³-hybridized carbons (Fsp3) is 0.714. The van der Waals surface area contributed by atoms with Gasteiger partial charge in [0.25, 0.3) is 0 Å². The second-order valence-electron chi connectivity index (χ2n) is 5.44. The first-order valence-corrected chi connectivity index (χ1v) is 6.62. The van der Waals surface area contributed by atoms with Crippen LogP contribution in [0.4, 0.5) is 0 Å². The standard InChI is InChI=1S/C14H22N2O2/c1-11-4-6-14(18-3,7-5-11)12(17)10-13-15-8-9-16(13)2/h8-9,11H,4-7,10H2,1-3H3. The molecule has 4 heteroatoms. The number of hydrogen-bond acceptors (Lipinski definition) is 3. The Balaban J connectivity index is 2.08. The molecule has 0 spiro atoms. The Morgan fingerprint density at radius 1 is 1.56 bits per heavy atom. The van der Waals surface area contributed by atoms with Crippen LogP contribution in [0.2, 0.25) is 0 Å². The minimum atomic E-state index is -0.571. The molecule has 0 unspecified atom stereocenters. The predicted molar refractivity (Wildman–Crippen MR) is 69.3 cm³/mol. The smallest absolute Gasteiger partial charge is 0.172 e. The molecule has 2 rings (SSSR count). The molecule has 1 heterocycles. The lowest BCUT2D eigenvalue weighted by Gasteiger charge is -2.36. The van der Waals surface area contributed by atoms with Gasteiger partial charge in [-0.2, -0.15) is 0 Å². The van der Waals surface area contributed by atoms with Gasteiger partial charge in [-0.25, -0.2) is 4.98 Å². The number of rotatable bonds is 4. The Hall–Kier alpha value is -1.16. The minimum absolute atomic E-state index is 0.172. The third-order valence-electron chi connectivity index (χ3n) is 4.22. The molecular weight excluding hydrogens is 228 g/mol. The molecule has 1 aliphatic rings. The van der Waals surface area contributed by atoms with Crippen molar-refractivity contribution in [3.05, 3.63) is 18.2 Å². The number of ketones is 1. The van der Waals surface area contributed by atoms with Gasteiger partial charge in [-0.1, -0.05) is 6.92 Å². The molecule has 0 radical (unpaired) electrons. The maximum Gasteiger partial charge on any atom is 0.172 e. The third-order valence-corrected chi connectivity index (χ3v) is 4.22. The molecule has 1 aromatic rings. The van der Waals surface area contributed by atoms with E-state index in [0.717, 1.165) is 31.5 Å². The second-order valence-corrected chi connectivity index (χ2v) is 5.44. The van der Waals surface area contributed by atoms with Gasteiger partial charge in [0.05, 0.1) is 6.42 Å². The summed E-state index contributed by atoms with van der Waals surface area (Å²) in [5.41, 5.74) is -0.571. The van der Waals surface area contributed by atoms with Crippen molar-refractivity contribution in [2.24, 2.45) is 13.0 Å². The van der Waals surface area contributed by atoms with Gasteiger partial charge in [0.15, 0.2) is 5.78 Å². The molecule has 4 nitrogen and oxygen atoms in total. The van der Waals surface area contributed by atoms with E-state index in [9.17, 15) is 4.79 Å². The number of carbonyl (C=O) groups is 1. The zero-order chi connectivity index (χ0) is 13.2. The third kappa shape index (κ3) is 2.48. The summed E-state index contributed by atoms with van der Waals surface area (Å²) in [5, 5.41) is 0. The van der Waals surface area contributed by atoms with E-state index >= 15 is 0 Å². The zero-order valence-corrected chi connectivity index (χ0v) is 11.5. The molecule has 1 fully saturated rings. The molecule has 0 N–H and O–H groups in total. The fourth-order valence-electron chi connectivity index (χ4n) is 2.70. The Labute approximate surface area is 108 Å². The highest BCUT2D eigenvalue weighted by Gasteiger charge is 2.40. The van der Waals surface area contributed by atoms with Crippen LogP contribution in [0, 0.1) is 5.92 Å². The first-order valence-electron chi connectivity index (χ1n) is 6.62. The lowest BCUT2D eigenvalue weighted by Crippen LogP contribution is -2.45. The Kier molecular flexibility index (Phi) is 3.85. The molecule has 0 aromatic carbocycles. The van der Waals surface area contributed by atoms with Crippen molar-refractivity contribution < 1.29 is 9.53 Å². The minimum Gasteiger partial charge on any atom is -0.370 e. The van der Waals surface area contributed by atoms with Crippen molar-refractivity contribution in [3.63, 3.8) is 0 Å². The zero-order valence-electron chi connectivity index (χ0n) is 11.5. The predicted octanol–water partition coefficient (Wildman–Crippen LogP) is 2.13. The van der Waals surface area contributed by atoms with E-state index in [2.05, 4.69) is 11.9 Å². The lowest BCUT2D eigenvalue weighted by atomic mass is 9.76. The number of imidazole rings is 1. The summed E-state index contributed by atoms with van der Waals surface area (Å²) in [4.78, 5) is 16.7. The molecular formula is C14H22N2O2. The van der Waals surface area contributed by atoms with Gasteiger partial charge in [0, 0.05) is 26.6 Å². The summed E-state index contributed by atoms with van der Waals surface area (Å²) in [6, 6.07) is 0. The average Bonchev–Trinajstić information content (AvgIpc) is 2.76. The van der Waals surface area contributed by atoms with Crippen LogP contribution in [0.5, 0.6) is 0 Å². The van der Waals surface area contributed by atoms with Crippen LogP contribution in [-0.4, -0.2) is 28.0 Å². The largest absolute Gasteiger partial charge is 0.370 e. The van der Waals surface area contributed by atoms with Crippen molar-refractivity contribution in [2.45, 2.75) is 44.6 Å². The summed E-state index contributed by atoms with van der Waals surface area (Å²) in [6.07, 6.45) is 7.78. The first-order chi connectivity index (χ1) is 8.57. The average molecular weight is 250 g/mol. The van der Waals surface area contributed by atoms with E-state index in [0.29, 0.717) is 12.3 Å². The summed E-state index contributed by atoms with van der Waals surface area (Å²) >= 11 is 0. The van der Waals surface area contributed by atoms with Crippen LogP contribution in [0.15, 0.2) is 12.4 Å². The second kappa shape index (κ2) is 5.22. The van der Waals surface area contributed by atoms with Crippen molar-refractivity contribution in [3.8, 4) is 0 Å². The number of hydrogen-bond donors (Lipinski definition) is 0. The molecule has 0 aliphatic heterocycles. The number of carbonyl (C=O) groups excluding carboxylic acids is 1. The van der Waals surface area contributed by atoms with Crippen LogP contribution >= 0.6 is 0 Å². The Bertz CT molecular complexity index is 417. The van der Waals surface area contributed by atoms with Crippen LogP contribution in [-0.2, 0) is 23.0 Å². The number of nitrogens with zero attached hydrogens (tertiary/aromatic N) is 2. The first kappa shape index (κ1) is 13.3. The SMILES string of the molecule is COC1(C(=O)Cc2nccn2C)CCC(C)CC1. The summed E-state index contributed by atoms with van der Waals surface area (Å²) in [7, 11) is 3.57. The number of aryl methyl sites for hydroxylation is 1. The number of Topliss-reactive ketones (excluding diaryl/α,β-unsaturated/α-hetero) is 1. The number of methoxy groups -OCH3 is 1. The highest BCUT2D eigenvalue weighted by molar-refractivity contribution is 5.88. The van der Waals surface area contributed by atoms with Gasteiger partial charge in [-0.15, -0.1) is 0 Å².